The van der Waals surface area contributed by atoms with Gasteiger partial charge < -0.3 is 10.1 Å². The van der Waals surface area contributed by atoms with Crippen LogP contribution in [0.25, 0.3) is 0 Å². The van der Waals surface area contributed by atoms with Gasteiger partial charge in [-0.25, -0.2) is 4.98 Å². The van der Waals surface area contributed by atoms with Crippen LogP contribution in [-0.2, 0) is 13.5 Å². The van der Waals surface area contributed by atoms with Crippen molar-refractivity contribution in [2.45, 2.75) is 6.42 Å². The molecule has 2 heterocycles. The number of anilines is 1. The van der Waals surface area contributed by atoms with Gasteiger partial charge in [0.1, 0.15) is 12.1 Å². The largest absolute Gasteiger partial charge is 0.481 e. The summed E-state index contributed by atoms with van der Waals surface area (Å²) >= 11 is 0. The number of nitrogens with zero attached hydrogens (tertiary/aromatic N) is 4. The monoisotopic (exact) mass is 233 g/mol. The van der Waals surface area contributed by atoms with Crippen LogP contribution in [0.2, 0.25) is 0 Å². The van der Waals surface area contributed by atoms with E-state index in [4.69, 9.17) is 4.74 Å². The summed E-state index contributed by atoms with van der Waals surface area (Å²) < 4.78 is 6.74. The van der Waals surface area contributed by atoms with Gasteiger partial charge in [-0.05, 0) is 6.07 Å². The van der Waals surface area contributed by atoms with Crippen molar-refractivity contribution in [3.05, 3.63) is 30.4 Å². The minimum Gasteiger partial charge on any atom is -0.481 e. The molecule has 0 saturated heterocycles. The first kappa shape index (κ1) is 11.4. The zero-order valence-electron chi connectivity index (χ0n) is 9.92. The van der Waals surface area contributed by atoms with E-state index in [2.05, 4.69) is 20.4 Å². The van der Waals surface area contributed by atoms with Crippen molar-refractivity contribution in [3.63, 3.8) is 0 Å². The van der Waals surface area contributed by atoms with Gasteiger partial charge in [0.2, 0.25) is 5.88 Å². The van der Waals surface area contributed by atoms with Gasteiger partial charge in [-0.2, -0.15) is 10.1 Å². The van der Waals surface area contributed by atoms with Crippen LogP contribution in [0, 0.1) is 0 Å². The fraction of sp³-hybridized carbons (Fsp3) is 0.364. The molecule has 0 bridgehead atoms. The Morgan fingerprint density at radius 2 is 2.29 bits per heavy atom. The smallest absolute Gasteiger partial charge is 0.214 e. The first-order chi connectivity index (χ1) is 8.28. The lowest BCUT2D eigenvalue weighted by Crippen LogP contribution is -2.07. The molecule has 0 fully saturated rings. The van der Waals surface area contributed by atoms with E-state index in [-0.39, 0.29) is 0 Å². The van der Waals surface area contributed by atoms with Gasteiger partial charge in [-0.15, -0.1) is 0 Å². The maximum atomic E-state index is 5.04. The second-order valence-corrected chi connectivity index (χ2v) is 3.58. The Morgan fingerprint density at radius 1 is 1.41 bits per heavy atom. The van der Waals surface area contributed by atoms with Crippen LogP contribution in [0.4, 0.5) is 5.82 Å². The fourth-order valence-electron chi connectivity index (χ4n) is 1.43. The number of ether oxygens (including phenoxy) is 1. The van der Waals surface area contributed by atoms with Gasteiger partial charge in [0.05, 0.1) is 7.11 Å². The Bertz CT molecular complexity index is 482. The SMILES string of the molecule is COc1cccc(NCCc2ncn(C)n2)n1. The van der Waals surface area contributed by atoms with Crippen molar-refractivity contribution in [1.29, 1.82) is 0 Å². The highest BCUT2D eigenvalue weighted by Crippen LogP contribution is 2.10. The molecular weight excluding hydrogens is 218 g/mol. The third kappa shape index (κ3) is 3.17. The summed E-state index contributed by atoms with van der Waals surface area (Å²) in [6.45, 7) is 0.740. The maximum absolute atomic E-state index is 5.04. The van der Waals surface area contributed by atoms with E-state index in [0.29, 0.717) is 5.88 Å². The van der Waals surface area contributed by atoms with Crippen LogP contribution in [0.15, 0.2) is 24.5 Å². The molecule has 2 rings (SSSR count). The van der Waals surface area contributed by atoms with Crippen LogP contribution in [-0.4, -0.2) is 33.4 Å². The first-order valence-corrected chi connectivity index (χ1v) is 5.37. The predicted octanol–water partition coefficient (Wildman–Crippen LogP) is 0.873. The standard InChI is InChI=1S/C11H15N5O/c1-16-8-13-10(15-16)6-7-12-9-4-3-5-11(14-9)17-2/h3-5,8H,6-7H2,1-2H3,(H,12,14). The number of pyridine rings is 1. The quantitative estimate of drug-likeness (QED) is 0.830. The van der Waals surface area contributed by atoms with Crippen LogP contribution >= 0.6 is 0 Å². The van der Waals surface area contributed by atoms with E-state index in [1.165, 1.54) is 0 Å². The molecule has 0 radical (unpaired) electrons. The third-order valence-corrected chi connectivity index (χ3v) is 2.23. The van der Waals surface area contributed by atoms with Crippen LogP contribution in [0.3, 0.4) is 0 Å². The molecular formula is C11H15N5O. The maximum Gasteiger partial charge on any atom is 0.214 e. The van der Waals surface area contributed by atoms with Crippen molar-refractivity contribution in [3.8, 4) is 5.88 Å². The third-order valence-electron chi connectivity index (χ3n) is 2.23. The number of hydrogen-bond donors (Lipinski definition) is 1. The second kappa shape index (κ2) is 5.29. The molecule has 0 amide bonds. The molecule has 6 heteroatoms. The molecule has 6 nitrogen and oxygen atoms in total. The summed E-state index contributed by atoms with van der Waals surface area (Å²) in [5.41, 5.74) is 0. The molecule has 0 saturated carbocycles. The Labute approximate surface area is 99.7 Å². The molecule has 0 aromatic carbocycles. The molecule has 0 aliphatic heterocycles. The van der Waals surface area contributed by atoms with Gasteiger partial charge >= 0.3 is 0 Å². The lowest BCUT2D eigenvalue weighted by molar-refractivity contribution is 0.398. The Kier molecular flexibility index (Phi) is 3.54. The fourth-order valence-corrected chi connectivity index (χ4v) is 1.43. The molecule has 0 aliphatic rings. The molecule has 0 unspecified atom stereocenters. The van der Waals surface area contributed by atoms with Crippen molar-refractivity contribution in [2.75, 3.05) is 19.0 Å². The van der Waals surface area contributed by atoms with Gasteiger partial charge in [0.15, 0.2) is 5.82 Å². The lowest BCUT2D eigenvalue weighted by atomic mass is 10.4. The molecule has 17 heavy (non-hydrogen) atoms. The second-order valence-electron chi connectivity index (χ2n) is 3.58. The average molecular weight is 233 g/mol. The number of aromatic nitrogens is 4. The number of rotatable bonds is 5. The molecule has 0 spiro atoms. The van der Waals surface area contributed by atoms with E-state index in [9.17, 15) is 0 Å². The van der Waals surface area contributed by atoms with E-state index >= 15 is 0 Å². The van der Waals surface area contributed by atoms with Crippen molar-refractivity contribution in [2.24, 2.45) is 7.05 Å². The Balaban J connectivity index is 1.85. The number of methoxy groups -OCH3 is 1. The summed E-state index contributed by atoms with van der Waals surface area (Å²) in [5, 5.41) is 7.39. The van der Waals surface area contributed by atoms with Crippen LogP contribution in [0.5, 0.6) is 5.88 Å². The van der Waals surface area contributed by atoms with Crippen molar-refractivity contribution >= 4 is 5.82 Å². The van der Waals surface area contributed by atoms with Crippen LogP contribution in [0.1, 0.15) is 5.82 Å². The molecule has 2 aromatic heterocycles. The molecule has 90 valence electrons. The first-order valence-electron chi connectivity index (χ1n) is 5.37. The zero-order chi connectivity index (χ0) is 12.1. The molecule has 0 atom stereocenters. The van der Waals surface area contributed by atoms with E-state index < -0.39 is 0 Å². The van der Waals surface area contributed by atoms with Gasteiger partial charge in [-0.1, -0.05) is 6.07 Å². The number of nitrogens with one attached hydrogen (secondary N) is 1. The number of hydrogen-bond acceptors (Lipinski definition) is 5. The minimum absolute atomic E-state index is 0.603. The van der Waals surface area contributed by atoms with Gasteiger partial charge in [-0.3, -0.25) is 4.68 Å². The zero-order valence-corrected chi connectivity index (χ0v) is 9.92. The van der Waals surface area contributed by atoms with Gasteiger partial charge in [0, 0.05) is 26.1 Å². The van der Waals surface area contributed by atoms with Crippen molar-refractivity contribution in [1.82, 2.24) is 19.7 Å². The van der Waals surface area contributed by atoms with E-state index in [1.54, 1.807) is 18.1 Å². The topological polar surface area (TPSA) is 64.9 Å². The highest BCUT2D eigenvalue weighted by atomic mass is 16.5. The Hall–Kier alpha value is -2.11. The van der Waals surface area contributed by atoms with E-state index in [1.807, 2.05) is 25.2 Å². The van der Waals surface area contributed by atoms with Gasteiger partial charge in [0.25, 0.3) is 0 Å². The molecule has 1 N–H and O–H groups in total. The summed E-state index contributed by atoms with van der Waals surface area (Å²) in [5.74, 6) is 2.22. The van der Waals surface area contributed by atoms with Crippen molar-refractivity contribution < 1.29 is 4.74 Å². The summed E-state index contributed by atoms with van der Waals surface area (Å²) in [6, 6.07) is 5.60. The average Bonchev–Trinajstić information content (AvgIpc) is 2.75. The summed E-state index contributed by atoms with van der Waals surface area (Å²) in [6.07, 6.45) is 2.46. The highest BCUT2D eigenvalue weighted by molar-refractivity contribution is 5.36. The molecule has 2 aromatic rings. The Morgan fingerprint density at radius 3 is 3.00 bits per heavy atom. The summed E-state index contributed by atoms with van der Waals surface area (Å²) in [4.78, 5) is 8.40. The predicted molar refractivity (Wildman–Crippen MR) is 64.0 cm³/mol. The van der Waals surface area contributed by atoms with E-state index in [0.717, 1.165) is 24.6 Å². The normalized spacial score (nSPS) is 10.2. The number of aryl methyl sites for hydroxylation is 1. The lowest BCUT2D eigenvalue weighted by Gasteiger charge is -2.05. The summed E-state index contributed by atoms with van der Waals surface area (Å²) in [7, 11) is 3.46. The minimum atomic E-state index is 0.603. The molecule has 0 aliphatic carbocycles. The van der Waals surface area contributed by atoms with Crippen LogP contribution < -0.4 is 10.1 Å². The highest BCUT2D eigenvalue weighted by Gasteiger charge is 2.00.